The number of nitrogens with one attached hydrogen (secondary N) is 1. The fourth-order valence-corrected chi connectivity index (χ4v) is 1.28. The molecule has 7 heteroatoms. The van der Waals surface area contributed by atoms with Gasteiger partial charge in [0.15, 0.2) is 0 Å². The van der Waals surface area contributed by atoms with E-state index >= 15 is 0 Å². The largest absolute Gasteiger partial charge is 0.478 e. The predicted octanol–water partition coefficient (Wildman–Crippen LogP) is 0.436. The molecule has 6 nitrogen and oxygen atoms in total. The Morgan fingerprint density at radius 2 is 2.22 bits per heavy atom. The molecule has 4 N–H and O–H groups in total. The zero-order valence-electron chi connectivity index (χ0n) is 9.64. The number of aromatic carboxylic acids is 1. The van der Waals surface area contributed by atoms with Crippen LogP contribution in [0, 0.1) is 5.82 Å². The molecule has 0 heterocycles. The van der Waals surface area contributed by atoms with E-state index in [9.17, 15) is 14.0 Å². The van der Waals surface area contributed by atoms with E-state index in [1.54, 1.807) is 0 Å². The number of anilines is 1. The SMILES string of the molecule is COCC(N)C(=O)Nc1ccc(F)cc1C(=O)O. The summed E-state index contributed by atoms with van der Waals surface area (Å²) >= 11 is 0. The number of carbonyl (C=O) groups excluding carboxylic acids is 1. The third-order valence-electron chi connectivity index (χ3n) is 2.15. The van der Waals surface area contributed by atoms with E-state index in [0.717, 1.165) is 18.2 Å². The highest BCUT2D eigenvalue weighted by Gasteiger charge is 2.17. The lowest BCUT2D eigenvalue weighted by atomic mass is 10.1. The molecule has 0 saturated heterocycles. The van der Waals surface area contributed by atoms with Crippen molar-refractivity contribution in [2.45, 2.75) is 6.04 Å². The third kappa shape index (κ3) is 3.51. The average molecular weight is 256 g/mol. The summed E-state index contributed by atoms with van der Waals surface area (Å²) in [7, 11) is 1.38. The summed E-state index contributed by atoms with van der Waals surface area (Å²) in [5, 5.41) is 11.2. The number of benzene rings is 1. The van der Waals surface area contributed by atoms with Gasteiger partial charge in [-0.25, -0.2) is 9.18 Å². The standard InChI is InChI=1S/C11H13FN2O4/c1-18-5-8(13)10(15)14-9-3-2-6(12)4-7(9)11(16)17/h2-4,8H,5,13H2,1H3,(H,14,15)(H,16,17). The zero-order valence-corrected chi connectivity index (χ0v) is 9.64. The second-order valence-electron chi connectivity index (χ2n) is 3.55. The number of carbonyl (C=O) groups is 2. The minimum absolute atomic E-state index is 0.00453. The van der Waals surface area contributed by atoms with E-state index in [0.29, 0.717) is 0 Å². The van der Waals surface area contributed by atoms with E-state index in [4.69, 9.17) is 15.6 Å². The van der Waals surface area contributed by atoms with Gasteiger partial charge in [-0.15, -0.1) is 0 Å². The van der Waals surface area contributed by atoms with Crippen LogP contribution in [-0.2, 0) is 9.53 Å². The molecule has 1 aromatic carbocycles. The van der Waals surface area contributed by atoms with Gasteiger partial charge >= 0.3 is 5.97 Å². The van der Waals surface area contributed by atoms with Gasteiger partial charge in [0.05, 0.1) is 17.9 Å². The Hall–Kier alpha value is -1.99. The molecule has 1 aromatic rings. The summed E-state index contributed by atoms with van der Waals surface area (Å²) in [6, 6.07) is 2.10. The summed E-state index contributed by atoms with van der Waals surface area (Å²) in [6.45, 7) is -0.00453. The molecule has 0 aliphatic carbocycles. The minimum Gasteiger partial charge on any atom is -0.478 e. The van der Waals surface area contributed by atoms with Crippen LogP contribution in [0.2, 0.25) is 0 Å². The van der Waals surface area contributed by atoms with E-state index in [-0.39, 0.29) is 17.9 Å². The van der Waals surface area contributed by atoms with Gasteiger partial charge in [-0.3, -0.25) is 4.79 Å². The van der Waals surface area contributed by atoms with E-state index in [1.807, 2.05) is 0 Å². The Balaban J connectivity index is 2.90. The average Bonchev–Trinajstić information content (AvgIpc) is 2.31. The maximum absolute atomic E-state index is 12.9. The van der Waals surface area contributed by atoms with Crippen molar-refractivity contribution in [3.05, 3.63) is 29.6 Å². The predicted molar refractivity (Wildman–Crippen MR) is 61.8 cm³/mol. The Bertz CT molecular complexity index is 464. The summed E-state index contributed by atoms with van der Waals surface area (Å²) in [5.74, 6) is -2.65. The molecule has 1 atom stereocenters. The van der Waals surface area contributed by atoms with Crippen LogP contribution in [0.1, 0.15) is 10.4 Å². The second-order valence-corrected chi connectivity index (χ2v) is 3.55. The van der Waals surface area contributed by atoms with Crippen molar-refractivity contribution in [1.82, 2.24) is 0 Å². The summed E-state index contributed by atoms with van der Waals surface area (Å²) < 4.78 is 17.6. The van der Waals surface area contributed by atoms with Crippen molar-refractivity contribution in [1.29, 1.82) is 0 Å². The Morgan fingerprint density at radius 1 is 1.56 bits per heavy atom. The topological polar surface area (TPSA) is 102 Å². The van der Waals surface area contributed by atoms with Gasteiger partial charge in [-0.05, 0) is 18.2 Å². The van der Waals surface area contributed by atoms with Crippen molar-refractivity contribution in [3.8, 4) is 0 Å². The molecule has 1 amide bonds. The molecule has 0 spiro atoms. The molecule has 0 saturated carbocycles. The first-order valence-corrected chi connectivity index (χ1v) is 5.04. The number of hydrogen-bond acceptors (Lipinski definition) is 4. The van der Waals surface area contributed by atoms with Gasteiger partial charge < -0.3 is 20.9 Å². The summed E-state index contributed by atoms with van der Waals surface area (Å²) in [6.07, 6.45) is 0. The molecule has 1 rings (SSSR count). The van der Waals surface area contributed by atoms with E-state index in [1.165, 1.54) is 7.11 Å². The van der Waals surface area contributed by atoms with Crippen molar-refractivity contribution in [2.24, 2.45) is 5.73 Å². The van der Waals surface area contributed by atoms with Gasteiger partial charge in [0.25, 0.3) is 0 Å². The normalized spacial score (nSPS) is 11.9. The van der Waals surface area contributed by atoms with Crippen molar-refractivity contribution >= 4 is 17.6 Å². The lowest BCUT2D eigenvalue weighted by Crippen LogP contribution is -2.39. The molecule has 0 fully saturated rings. The molecule has 0 radical (unpaired) electrons. The first-order chi connectivity index (χ1) is 8.45. The van der Waals surface area contributed by atoms with Gasteiger partial charge in [-0.1, -0.05) is 0 Å². The van der Waals surface area contributed by atoms with E-state index < -0.39 is 23.7 Å². The van der Waals surface area contributed by atoms with Crippen LogP contribution in [0.5, 0.6) is 0 Å². The van der Waals surface area contributed by atoms with Crippen molar-refractivity contribution in [3.63, 3.8) is 0 Å². The number of halogens is 1. The van der Waals surface area contributed by atoms with Gasteiger partial charge in [0, 0.05) is 7.11 Å². The molecule has 0 aromatic heterocycles. The molecule has 0 aliphatic rings. The van der Waals surface area contributed by atoms with Gasteiger partial charge in [0.1, 0.15) is 11.9 Å². The molecular weight excluding hydrogens is 243 g/mol. The Kier molecular flexibility index (Phi) is 4.75. The molecule has 1 unspecified atom stereocenters. The highest BCUT2D eigenvalue weighted by atomic mass is 19.1. The zero-order chi connectivity index (χ0) is 13.7. The number of carboxylic acid groups (broad SMARTS) is 1. The van der Waals surface area contributed by atoms with Crippen LogP contribution < -0.4 is 11.1 Å². The summed E-state index contributed by atoms with van der Waals surface area (Å²) in [5.41, 5.74) is 5.12. The van der Waals surface area contributed by atoms with Crippen LogP contribution in [0.15, 0.2) is 18.2 Å². The van der Waals surface area contributed by atoms with Gasteiger partial charge in [0.2, 0.25) is 5.91 Å². The van der Waals surface area contributed by atoms with Crippen LogP contribution in [0.3, 0.4) is 0 Å². The minimum atomic E-state index is -1.34. The number of amides is 1. The first kappa shape index (κ1) is 14.1. The summed E-state index contributed by atoms with van der Waals surface area (Å²) in [4.78, 5) is 22.4. The molecule has 0 bridgehead atoms. The quantitative estimate of drug-likeness (QED) is 0.709. The van der Waals surface area contributed by atoms with Crippen LogP contribution in [0.25, 0.3) is 0 Å². The van der Waals surface area contributed by atoms with Crippen molar-refractivity contribution in [2.75, 3.05) is 19.0 Å². The molecular formula is C11H13FN2O4. The monoisotopic (exact) mass is 256 g/mol. The van der Waals surface area contributed by atoms with Crippen molar-refractivity contribution < 1.29 is 23.8 Å². The molecule has 18 heavy (non-hydrogen) atoms. The lowest BCUT2D eigenvalue weighted by Gasteiger charge is -2.12. The number of rotatable bonds is 5. The number of methoxy groups -OCH3 is 1. The highest BCUT2D eigenvalue weighted by Crippen LogP contribution is 2.17. The maximum Gasteiger partial charge on any atom is 0.337 e. The third-order valence-corrected chi connectivity index (χ3v) is 2.15. The fraction of sp³-hybridized carbons (Fsp3) is 0.273. The number of nitrogens with two attached hydrogens (primary N) is 1. The van der Waals surface area contributed by atoms with Gasteiger partial charge in [-0.2, -0.15) is 0 Å². The highest BCUT2D eigenvalue weighted by molar-refractivity contribution is 6.02. The van der Waals surface area contributed by atoms with Crippen LogP contribution in [0.4, 0.5) is 10.1 Å². The number of ether oxygens (including phenoxy) is 1. The number of hydrogen-bond donors (Lipinski definition) is 3. The smallest absolute Gasteiger partial charge is 0.337 e. The van der Waals surface area contributed by atoms with E-state index in [2.05, 4.69) is 5.32 Å². The maximum atomic E-state index is 12.9. The Labute approximate surface area is 103 Å². The van der Waals surface area contributed by atoms with Crippen LogP contribution >= 0.6 is 0 Å². The second kappa shape index (κ2) is 6.08. The van der Waals surface area contributed by atoms with Crippen LogP contribution in [-0.4, -0.2) is 36.7 Å². The molecule has 0 aliphatic heterocycles. The lowest BCUT2D eigenvalue weighted by molar-refractivity contribution is -0.118. The fourth-order valence-electron chi connectivity index (χ4n) is 1.28. The number of carboxylic acids is 1. The first-order valence-electron chi connectivity index (χ1n) is 5.04. The molecule has 98 valence electrons. The Morgan fingerprint density at radius 3 is 2.78 bits per heavy atom.